The first-order chi connectivity index (χ1) is 10.3. The van der Waals surface area contributed by atoms with Crippen molar-refractivity contribution in [1.82, 2.24) is 0 Å². The van der Waals surface area contributed by atoms with Crippen LogP contribution in [0.4, 0.5) is 0 Å². The van der Waals surface area contributed by atoms with Crippen LogP contribution < -0.4 is 0 Å². The minimum Gasteiger partial charge on any atom is -0.508 e. The summed E-state index contributed by atoms with van der Waals surface area (Å²) in [6.45, 7) is 0. The summed E-state index contributed by atoms with van der Waals surface area (Å²) >= 11 is 0. The maximum absolute atomic E-state index is 10.0. The molecule has 22 heavy (non-hydrogen) atoms. The van der Waals surface area contributed by atoms with Crippen molar-refractivity contribution in [2.24, 2.45) is 0 Å². The molecule has 0 bridgehead atoms. The van der Waals surface area contributed by atoms with Crippen molar-refractivity contribution in [2.75, 3.05) is 0 Å². The highest BCUT2D eigenvalue weighted by Gasteiger charge is 2.16. The Morgan fingerprint density at radius 1 is 0.682 bits per heavy atom. The van der Waals surface area contributed by atoms with Crippen molar-refractivity contribution in [1.29, 1.82) is 0 Å². The molecule has 0 aliphatic rings. The summed E-state index contributed by atoms with van der Waals surface area (Å²) in [6.07, 6.45) is -1.15. The zero-order chi connectivity index (χ0) is 16.4. The minimum atomic E-state index is -1.04. The molecule has 0 aliphatic carbocycles. The van der Waals surface area contributed by atoms with Gasteiger partial charge in [0, 0.05) is 24.1 Å². The van der Waals surface area contributed by atoms with E-state index in [0.717, 1.165) is 12.1 Å². The van der Waals surface area contributed by atoms with Gasteiger partial charge < -0.3 is 35.7 Å². The number of aliphatic hydroxyl groups is 1. The van der Waals surface area contributed by atoms with Crippen molar-refractivity contribution >= 4 is 0 Å². The van der Waals surface area contributed by atoms with Gasteiger partial charge in [-0.15, -0.1) is 0 Å². The van der Waals surface area contributed by atoms with Crippen LogP contribution in [0.5, 0.6) is 34.5 Å². The normalized spacial score (nSPS) is 12.2. The van der Waals surface area contributed by atoms with Gasteiger partial charge in [-0.2, -0.15) is 0 Å². The topological polar surface area (TPSA) is 142 Å². The molecule has 1 unspecified atom stereocenters. The summed E-state index contributed by atoms with van der Waals surface area (Å²) in [7, 11) is 0. The summed E-state index contributed by atoms with van der Waals surface area (Å²) in [4.78, 5) is 0. The molecule has 118 valence electrons. The summed E-state index contributed by atoms with van der Waals surface area (Å²) < 4.78 is 0. The number of hydrogen-bond acceptors (Lipinski definition) is 7. The first kappa shape index (κ1) is 15.6. The van der Waals surface area contributed by atoms with Crippen LogP contribution >= 0.6 is 0 Å². The molecule has 0 radical (unpaired) electrons. The molecule has 1 atom stereocenters. The molecule has 2 aromatic carbocycles. The van der Waals surface area contributed by atoms with E-state index in [1.165, 1.54) is 12.1 Å². The predicted molar refractivity (Wildman–Crippen MR) is 76.3 cm³/mol. The van der Waals surface area contributed by atoms with Crippen LogP contribution in [-0.4, -0.2) is 41.8 Å². The Morgan fingerprint density at radius 2 is 1.18 bits per heavy atom. The minimum absolute atomic E-state index is 0.00115. The second-order valence-electron chi connectivity index (χ2n) is 5.01. The smallest absolute Gasteiger partial charge is 0.200 e. The lowest BCUT2D eigenvalue weighted by atomic mass is 9.99. The number of benzene rings is 2. The van der Waals surface area contributed by atoms with Crippen molar-refractivity contribution < 1.29 is 35.7 Å². The zero-order valence-electron chi connectivity index (χ0n) is 11.4. The molecule has 2 rings (SSSR count). The number of aromatic hydroxyl groups is 6. The van der Waals surface area contributed by atoms with E-state index in [4.69, 9.17) is 0 Å². The fraction of sp³-hybridized carbons (Fsp3) is 0.200. The molecule has 7 nitrogen and oxygen atoms in total. The summed E-state index contributed by atoms with van der Waals surface area (Å²) in [5, 5.41) is 66.6. The van der Waals surface area contributed by atoms with Gasteiger partial charge in [-0.25, -0.2) is 0 Å². The Bertz CT molecular complexity index is 650. The molecule has 0 aliphatic heterocycles. The van der Waals surface area contributed by atoms with Crippen LogP contribution in [0.25, 0.3) is 0 Å². The molecular weight excluding hydrogens is 292 g/mol. The van der Waals surface area contributed by atoms with Gasteiger partial charge in [0.25, 0.3) is 0 Å². The number of phenols is 6. The van der Waals surface area contributed by atoms with Crippen LogP contribution in [0.3, 0.4) is 0 Å². The Balaban J connectivity index is 2.16. The largest absolute Gasteiger partial charge is 0.508 e. The summed E-state index contributed by atoms with van der Waals surface area (Å²) in [5.41, 5.74) is 0.426. The standard InChI is InChI=1S/C15H16O7/c16-8(1-7-2-13(20)15(22)14(21)3-7)4-10-11(18)5-9(17)6-12(10)19/h2-3,5-6,8,16-22H,1,4H2. The number of rotatable bonds is 4. The van der Waals surface area contributed by atoms with E-state index >= 15 is 0 Å². The number of aliphatic hydroxyl groups excluding tert-OH is 1. The highest BCUT2D eigenvalue weighted by molar-refractivity contribution is 5.51. The number of hydrogen-bond donors (Lipinski definition) is 7. The molecule has 0 fully saturated rings. The van der Waals surface area contributed by atoms with Gasteiger partial charge in [0.2, 0.25) is 0 Å². The highest BCUT2D eigenvalue weighted by atomic mass is 16.3. The third kappa shape index (κ3) is 3.26. The van der Waals surface area contributed by atoms with E-state index < -0.39 is 23.4 Å². The van der Waals surface area contributed by atoms with Crippen LogP contribution in [0, 0.1) is 0 Å². The van der Waals surface area contributed by atoms with Crippen molar-refractivity contribution in [3.8, 4) is 34.5 Å². The van der Waals surface area contributed by atoms with Gasteiger partial charge in [-0.05, 0) is 24.1 Å². The van der Waals surface area contributed by atoms with Crippen LogP contribution in [0.1, 0.15) is 11.1 Å². The monoisotopic (exact) mass is 308 g/mol. The Morgan fingerprint density at radius 3 is 1.68 bits per heavy atom. The molecule has 0 saturated heterocycles. The number of phenolic OH excluding ortho intramolecular Hbond substituents is 6. The Labute approximate surface area is 125 Å². The van der Waals surface area contributed by atoms with Gasteiger partial charge in [0.05, 0.1) is 6.10 Å². The van der Waals surface area contributed by atoms with E-state index in [0.29, 0.717) is 5.56 Å². The molecule has 0 heterocycles. The molecule has 7 N–H and O–H groups in total. The predicted octanol–water partition coefficient (Wildman–Crippen LogP) is 1.07. The van der Waals surface area contributed by atoms with Gasteiger partial charge in [0.15, 0.2) is 17.2 Å². The highest BCUT2D eigenvalue weighted by Crippen LogP contribution is 2.36. The van der Waals surface area contributed by atoms with Crippen molar-refractivity contribution in [2.45, 2.75) is 18.9 Å². The van der Waals surface area contributed by atoms with Crippen LogP contribution in [0.2, 0.25) is 0 Å². The Hall–Kier alpha value is -2.80. The first-order valence-corrected chi connectivity index (χ1v) is 6.43. The van der Waals surface area contributed by atoms with Crippen LogP contribution in [-0.2, 0) is 12.8 Å². The summed E-state index contributed by atoms with van der Waals surface area (Å²) in [5.74, 6) is -2.69. The third-order valence-electron chi connectivity index (χ3n) is 3.23. The average molecular weight is 308 g/mol. The molecule has 7 heteroatoms. The molecule has 0 aromatic heterocycles. The van der Waals surface area contributed by atoms with Gasteiger partial charge >= 0.3 is 0 Å². The molecule has 2 aromatic rings. The fourth-order valence-corrected chi connectivity index (χ4v) is 2.19. The lowest BCUT2D eigenvalue weighted by Gasteiger charge is -2.14. The van der Waals surface area contributed by atoms with E-state index in [1.54, 1.807) is 0 Å². The lowest BCUT2D eigenvalue weighted by molar-refractivity contribution is 0.173. The van der Waals surface area contributed by atoms with Crippen LogP contribution in [0.15, 0.2) is 24.3 Å². The average Bonchev–Trinajstić information content (AvgIpc) is 2.40. The lowest BCUT2D eigenvalue weighted by Crippen LogP contribution is -2.14. The van der Waals surface area contributed by atoms with Crippen molar-refractivity contribution in [3.05, 3.63) is 35.4 Å². The van der Waals surface area contributed by atoms with E-state index in [1.807, 2.05) is 0 Å². The maximum atomic E-state index is 10.0. The van der Waals surface area contributed by atoms with Crippen molar-refractivity contribution in [3.63, 3.8) is 0 Å². The first-order valence-electron chi connectivity index (χ1n) is 6.43. The molecule has 0 spiro atoms. The van der Waals surface area contributed by atoms with Gasteiger partial charge in [0.1, 0.15) is 17.2 Å². The maximum Gasteiger partial charge on any atom is 0.200 e. The SMILES string of the molecule is Oc1cc(O)c(CC(O)Cc2cc(O)c(O)c(O)c2)c(O)c1. The molecule has 0 amide bonds. The second-order valence-corrected chi connectivity index (χ2v) is 5.01. The second kappa shape index (κ2) is 5.90. The fourth-order valence-electron chi connectivity index (χ4n) is 2.19. The molecular formula is C15H16O7. The van der Waals surface area contributed by atoms with E-state index in [2.05, 4.69) is 0 Å². The van der Waals surface area contributed by atoms with Gasteiger partial charge in [-0.3, -0.25) is 0 Å². The molecule has 0 saturated carbocycles. The van der Waals surface area contributed by atoms with E-state index in [9.17, 15) is 35.7 Å². The van der Waals surface area contributed by atoms with Gasteiger partial charge in [-0.1, -0.05) is 0 Å². The van der Waals surface area contributed by atoms with E-state index in [-0.39, 0.29) is 35.7 Å². The summed E-state index contributed by atoms with van der Waals surface area (Å²) in [6, 6.07) is 4.46. The Kier molecular flexibility index (Phi) is 4.18. The zero-order valence-corrected chi connectivity index (χ0v) is 11.4. The third-order valence-corrected chi connectivity index (χ3v) is 3.23. The quantitative estimate of drug-likeness (QED) is 0.419.